The van der Waals surface area contributed by atoms with Crippen molar-refractivity contribution in [3.63, 3.8) is 0 Å². The second kappa shape index (κ2) is 7.49. The second-order valence-corrected chi connectivity index (χ2v) is 4.80. The summed E-state index contributed by atoms with van der Waals surface area (Å²) in [6, 6.07) is 4.13. The molecule has 0 radical (unpaired) electrons. The van der Waals surface area contributed by atoms with Gasteiger partial charge in [0.15, 0.2) is 0 Å². The molecule has 6 nitrogen and oxygen atoms in total. The van der Waals surface area contributed by atoms with Crippen molar-refractivity contribution < 1.29 is 19.8 Å². The third kappa shape index (κ3) is 5.27. The van der Waals surface area contributed by atoms with Gasteiger partial charge in [0.2, 0.25) is 5.91 Å². The number of phenolic OH excluding ortho intramolecular Hbond substituents is 1. The lowest BCUT2D eigenvalue weighted by molar-refractivity contribution is -0.116. The monoisotopic (exact) mass is 280 g/mol. The number of phenols is 1. The Balaban J connectivity index is 2.53. The summed E-state index contributed by atoms with van der Waals surface area (Å²) >= 11 is 0. The molecule has 0 heterocycles. The minimum Gasteiger partial charge on any atom is -0.506 e. The van der Waals surface area contributed by atoms with E-state index < -0.39 is 5.97 Å². The number of anilines is 1. The second-order valence-electron chi connectivity index (χ2n) is 4.80. The van der Waals surface area contributed by atoms with E-state index in [9.17, 15) is 14.7 Å². The van der Waals surface area contributed by atoms with E-state index in [1.165, 1.54) is 18.2 Å². The number of carbonyl (C=O) groups is 2. The molecule has 0 aliphatic heterocycles. The van der Waals surface area contributed by atoms with Gasteiger partial charge in [-0.3, -0.25) is 4.79 Å². The summed E-state index contributed by atoms with van der Waals surface area (Å²) < 4.78 is 0. The van der Waals surface area contributed by atoms with Crippen LogP contribution < -0.4 is 10.6 Å². The molecule has 0 saturated carbocycles. The molecule has 1 rings (SSSR count). The number of nitrogens with one attached hydrogen (secondary N) is 2. The molecular weight excluding hydrogens is 260 g/mol. The number of carboxylic acid groups (broad SMARTS) is 1. The summed E-state index contributed by atoms with van der Waals surface area (Å²) in [4.78, 5) is 22.5. The Labute approximate surface area is 117 Å². The van der Waals surface area contributed by atoms with Crippen molar-refractivity contribution in [2.24, 2.45) is 0 Å². The van der Waals surface area contributed by atoms with Crippen LogP contribution in [0.4, 0.5) is 5.69 Å². The maximum atomic E-state index is 11.7. The van der Waals surface area contributed by atoms with Crippen molar-refractivity contribution in [2.45, 2.75) is 32.7 Å². The highest BCUT2D eigenvalue weighted by atomic mass is 16.4. The van der Waals surface area contributed by atoms with Crippen LogP contribution in [0, 0.1) is 0 Å². The standard InChI is InChI=1S/C14H20N2O4/c1-9(2)15-7-3-4-13(18)16-11-8-10(14(19)20)5-6-12(11)17/h5-6,8-9,15,17H,3-4,7H2,1-2H3,(H,16,18)(H,19,20). The summed E-state index contributed by atoms with van der Waals surface area (Å²) in [5.74, 6) is -1.52. The van der Waals surface area contributed by atoms with E-state index in [4.69, 9.17) is 5.11 Å². The lowest BCUT2D eigenvalue weighted by Gasteiger charge is -2.09. The lowest BCUT2D eigenvalue weighted by atomic mass is 10.2. The van der Waals surface area contributed by atoms with Crippen LogP contribution in [-0.4, -0.2) is 34.7 Å². The van der Waals surface area contributed by atoms with E-state index in [1.54, 1.807) is 0 Å². The van der Waals surface area contributed by atoms with Crippen molar-refractivity contribution in [1.82, 2.24) is 5.32 Å². The van der Waals surface area contributed by atoms with E-state index in [0.717, 1.165) is 6.54 Å². The molecule has 0 atom stereocenters. The van der Waals surface area contributed by atoms with E-state index >= 15 is 0 Å². The molecule has 1 aromatic rings. The highest BCUT2D eigenvalue weighted by Gasteiger charge is 2.10. The zero-order chi connectivity index (χ0) is 15.1. The van der Waals surface area contributed by atoms with Crippen LogP contribution in [-0.2, 0) is 4.79 Å². The summed E-state index contributed by atoms with van der Waals surface area (Å²) in [5, 5.41) is 24.2. The van der Waals surface area contributed by atoms with E-state index in [-0.39, 0.29) is 22.9 Å². The van der Waals surface area contributed by atoms with Gasteiger partial charge in [0, 0.05) is 12.5 Å². The van der Waals surface area contributed by atoms with Crippen LogP contribution in [0.2, 0.25) is 0 Å². The fourth-order valence-corrected chi connectivity index (χ4v) is 1.62. The van der Waals surface area contributed by atoms with Gasteiger partial charge >= 0.3 is 5.97 Å². The van der Waals surface area contributed by atoms with Crippen LogP contribution in [0.3, 0.4) is 0 Å². The average molecular weight is 280 g/mol. The number of aromatic carboxylic acids is 1. The number of hydrogen-bond donors (Lipinski definition) is 4. The number of hydrogen-bond acceptors (Lipinski definition) is 4. The quantitative estimate of drug-likeness (QED) is 0.451. The first kappa shape index (κ1) is 16.0. The number of rotatable bonds is 7. The van der Waals surface area contributed by atoms with Gasteiger partial charge in [0.05, 0.1) is 11.3 Å². The van der Waals surface area contributed by atoms with Gasteiger partial charge in [-0.25, -0.2) is 4.79 Å². The first-order valence-corrected chi connectivity index (χ1v) is 6.49. The summed E-state index contributed by atoms with van der Waals surface area (Å²) in [6.45, 7) is 4.78. The number of carbonyl (C=O) groups excluding carboxylic acids is 1. The average Bonchev–Trinajstić information content (AvgIpc) is 2.37. The minimum atomic E-state index is -1.11. The molecule has 0 fully saturated rings. The van der Waals surface area contributed by atoms with E-state index in [0.29, 0.717) is 18.9 Å². The fourth-order valence-electron chi connectivity index (χ4n) is 1.62. The van der Waals surface area contributed by atoms with Crippen LogP contribution >= 0.6 is 0 Å². The van der Waals surface area contributed by atoms with Crippen LogP contribution in [0.15, 0.2) is 18.2 Å². The molecule has 0 aliphatic rings. The predicted molar refractivity (Wildman–Crippen MR) is 76.1 cm³/mol. The molecule has 0 aliphatic carbocycles. The first-order valence-electron chi connectivity index (χ1n) is 6.49. The molecular formula is C14H20N2O4. The van der Waals surface area contributed by atoms with E-state index in [2.05, 4.69) is 10.6 Å². The van der Waals surface area contributed by atoms with Gasteiger partial charge in [0.1, 0.15) is 5.75 Å². The van der Waals surface area contributed by atoms with Crippen molar-refractivity contribution in [2.75, 3.05) is 11.9 Å². The largest absolute Gasteiger partial charge is 0.506 e. The summed E-state index contributed by atoms with van der Waals surface area (Å²) in [7, 11) is 0. The Morgan fingerprint density at radius 1 is 1.30 bits per heavy atom. The SMILES string of the molecule is CC(C)NCCCC(=O)Nc1cc(C(=O)O)ccc1O. The van der Waals surface area contributed by atoms with Crippen LogP contribution in [0.25, 0.3) is 0 Å². The highest BCUT2D eigenvalue weighted by molar-refractivity contribution is 5.95. The van der Waals surface area contributed by atoms with Gasteiger partial charge in [-0.2, -0.15) is 0 Å². The van der Waals surface area contributed by atoms with Gasteiger partial charge in [-0.05, 0) is 31.2 Å². The Kier molecular flexibility index (Phi) is 5.99. The van der Waals surface area contributed by atoms with Crippen molar-refractivity contribution in [3.05, 3.63) is 23.8 Å². The fraction of sp³-hybridized carbons (Fsp3) is 0.429. The van der Waals surface area contributed by atoms with Crippen molar-refractivity contribution in [1.29, 1.82) is 0 Å². The third-order valence-corrected chi connectivity index (χ3v) is 2.65. The van der Waals surface area contributed by atoms with E-state index in [1.807, 2.05) is 13.8 Å². The zero-order valence-corrected chi connectivity index (χ0v) is 11.6. The lowest BCUT2D eigenvalue weighted by Crippen LogP contribution is -2.24. The highest BCUT2D eigenvalue weighted by Crippen LogP contribution is 2.24. The van der Waals surface area contributed by atoms with Gasteiger partial charge in [-0.15, -0.1) is 0 Å². The third-order valence-electron chi connectivity index (χ3n) is 2.65. The molecule has 0 aromatic heterocycles. The first-order chi connectivity index (χ1) is 9.40. The molecule has 20 heavy (non-hydrogen) atoms. The number of amides is 1. The van der Waals surface area contributed by atoms with Gasteiger partial charge in [-0.1, -0.05) is 13.8 Å². The molecule has 0 bridgehead atoms. The van der Waals surface area contributed by atoms with Gasteiger partial charge in [0.25, 0.3) is 0 Å². The van der Waals surface area contributed by atoms with Crippen molar-refractivity contribution >= 4 is 17.6 Å². The van der Waals surface area contributed by atoms with Crippen LogP contribution in [0.5, 0.6) is 5.75 Å². The zero-order valence-electron chi connectivity index (χ0n) is 11.6. The molecule has 1 aromatic carbocycles. The molecule has 0 saturated heterocycles. The number of carboxylic acids is 1. The molecule has 1 amide bonds. The normalized spacial score (nSPS) is 10.6. The van der Waals surface area contributed by atoms with Crippen LogP contribution in [0.1, 0.15) is 37.0 Å². The Morgan fingerprint density at radius 2 is 2.00 bits per heavy atom. The Morgan fingerprint density at radius 3 is 2.60 bits per heavy atom. The molecule has 6 heteroatoms. The minimum absolute atomic E-state index is 0.0135. The molecule has 4 N–H and O–H groups in total. The molecule has 110 valence electrons. The Bertz CT molecular complexity index is 486. The summed E-state index contributed by atoms with van der Waals surface area (Å²) in [6.07, 6.45) is 0.972. The number of benzene rings is 1. The number of aromatic hydroxyl groups is 1. The topological polar surface area (TPSA) is 98.7 Å². The predicted octanol–water partition coefficient (Wildman–Crippen LogP) is 1.81. The smallest absolute Gasteiger partial charge is 0.335 e. The summed E-state index contributed by atoms with van der Waals surface area (Å²) in [5.41, 5.74) is 0.131. The molecule has 0 unspecified atom stereocenters. The maximum Gasteiger partial charge on any atom is 0.335 e. The van der Waals surface area contributed by atoms with Crippen molar-refractivity contribution in [3.8, 4) is 5.75 Å². The Hall–Kier alpha value is -2.08. The molecule has 0 spiro atoms. The maximum absolute atomic E-state index is 11.7. The van der Waals surface area contributed by atoms with Gasteiger partial charge < -0.3 is 20.8 Å².